The second kappa shape index (κ2) is 8.06. The van der Waals surface area contributed by atoms with Gasteiger partial charge in [-0.15, -0.1) is 0 Å². The Labute approximate surface area is 129 Å². The van der Waals surface area contributed by atoms with Crippen LogP contribution in [0.3, 0.4) is 0 Å². The highest BCUT2D eigenvalue weighted by atomic mass is 32.2. The fraction of sp³-hybridized carbons (Fsp3) is 0.647. The third-order valence-corrected chi connectivity index (χ3v) is 4.54. The molecule has 0 bridgehead atoms. The Balaban J connectivity index is 2.57. The average molecular weight is 295 g/mol. The molecule has 114 valence electrons. The SMILES string of the molecule is CNC(CSCCN(C)C)c1ccc(C(C)(C)C)cc1. The maximum Gasteiger partial charge on any atom is 0.0409 e. The van der Waals surface area contributed by atoms with Crippen LogP contribution in [0.4, 0.5) is 0 Å². The predicted octanol–water partition coefficient (Wildman–Crippen LogP) is 3.54. The molecule has 3 heteroatoms. The lowest BCUT2D eigenvalue weighted by atomic mass is 9.86. The summed E-state index contributed by atoms with van der Waals surface area (Å²) in [5.74, 6) is 2.31. The van der Waals surface area contributed by atoms with Gasteiger partial charge in [-0.25, -0.2) is 0 Å². The van der Waals surface area contributed by atoms with Crippen LogP contribution in [0, 0.1) is 0 Å². The summed E-state index contributed by atoms with van der Waals surface area (Å²) in [7, 11) is 6.30. The third kappa shape index (κ3) is 5.86. The molecule has 1 aromatic carbocycles. The quantitative estimate of drug-likeness (QED) is 0.774. The summed E-state index contributed by atoms with van der Waals surface area (Å²) >= 11 is 2.01. The molecule has 0 heterocycles. The fourth-order valence-corrected chi connectivity index (χ4v) is 3.27. The van der Waals surface area contributed by atoms with Crippen molar-refractivity contribution >= 4 is 11.8 Å². The molecule has 1 aromatic rings. The van der Waals surface area contributed by atoms with E-state index in [1.165, 1.54) is 16.9 Å². The van der Waals surface area contributed by atoms with Gasteiger partial charge in [0.1, 0.15) is 0 Å². The normalized spacial score (nSPS) is 13.8. The first-order valence-electron chi connectivity index (χ1n) is 7.34. The minimum absolute atomic E-state index is 0.230. The zero-order valence-corrected chi connectivity index (χ0v) is 14.7. The second-order valence-corrected chi connectivity index (χ2v) is 7.74. The van der Waals surface area contributed by atoms with Gasteiger partial charge in [-0.1, -0.05) is 45.0 Å². The maximum absolute atomic E-state index is 3.43. The molecule has 0 amide bonds. The molecular weight excluding hydrogens is 264 g/mol. The summed E-state index contributed by atoms with van der Waals surface area (Å²) < 4.78 is 0. The van der Waals surface area contributed by atoms with Crippen LogP contribution in [0.2, 0.25) is 0 Å². The van der Waals surface area contributed by atoms with Crippen molar-refractivity contribution in [2.75, 3.05) is 39.2 Å². The molecule has 1 atom stereocenters. The second-order valence-electron chi connectivity index (χ2n) is 6.59. The van der Waals surface area contributed by atoms with Crippen LogP contribution in [0.5, 0.6) is 0 Å². The lowest BCUT2D eigenvalue weighted by Crippen LogP contribution is -2.21. The highest BCUT2D eigenvalue weighted by Gasteiger charge is 2.15. The Morgan fingerprint density at radius 2 is 1.75 bits per heavy atom. The Morgan fingerprint density at radius 1 is 1.15 bits per heavy atom. The molecule has 0 saturated carbocycles. The number of benzene rings is 1. The van der Waals surface area contributed by atoms with Gasteiger partial charge in [0.05, 0.1) is 0 Å². The Morgan fingerprint density at radius 3 is 2.20 bits per heavy atom. The van der Waals surface area contributed by atoms with E-state index in [2.05, 4.69) is 76.4 Å². The first-order chi connectivity index (χ1) is 9.34. The van der Waals surface area contributed by atoms with Crippen molar-refractivity contribution in [2.45, 2.75) is 32.2 Å². The molecule has 2 nitrogen and oxygen atoms in total. The van der Waals surface area contributed by atoms with Gasteiger partial charge < -0.3 is 10.2 Å². The Hall–Kier alpha value is -0.510. The largest absolute Gasteiger partial charge is 0.312 e. The maximum atomic E-state index is 3.43. The minimum Gasteiger partial charge on any atom is -0.312 e. The third-order valence-electron chi connectivity index (χ3n) is 3.49. The lowest BCUT2D eigenvalue weighted by molar-refractivity contribution is 0.437. The van der Waals surface area contributed by atoms with Gasteiger partial charge >= 0.3 is 0 Å². The summed E-state index contributed by atoms with van der Waals surface area (Å²) in [6.45, 7) is 7.92. The van der Waals surface area contributed by atoms with E-state index in [9.17, 15) is 0 Å². The fourth-order valence-electron chi connectivity index (χ4n) is 2.01. The zero-order chi connectivity index (χ0) is 15.2. The van der Waals surface area contributed by atoms with E-state index in [-0.39, 0.29) is 5.41 Å². The topological polar surface area (TPSA) is 15.3 Å². The van der Waals surface area contributed by atoms with Crippen molar-refractivity contribution in [2.24, 2.45) is 0 Å². The summed E-state index contributed by atoms with van der Waals surface area (Å²) in [4.78, 5) is 2.24. The number of nitrogens with zero attached hydrogens (tertiary/aromatic N) is 1. The number of hydrogen-bond donors (Lipinski definition) is 1. The highest BCUT2D eigenvalue weighted by Crippen LogP contribution is 2.25. The molecule has 0 aliphatic carbocycles. The van der Waals surface area contributed by atoms with Gasteiger partial charge in [0.25, 0.3) is 0 Å². The van der Waals surface area contributed by atoms with E-state index in [1.54, 1.807) is 0 Å². The lowest BCUT2D eigenvalue weighted by Gasteiger charge is -2.21. The zero-order valence-electron chi connectivity index (χ0n) is 13.9. The minimum atomic E-state index is 0.230. The number of rotatable bonds is 7. The summed E-state index contributed by atoms with van der Waals surface area (Å²) in [6.07, 6.45) is 0. The molecule has 1 N–H and O–H groups in total. The van der Waals surface area contributed by atoms with Crippen LogP contribution in [0.15, 0.2) is 24.3 Å². The van der Waals surface area contributed by atoms with Gasteiger partial charge in [0.15, 0.2) is 0 Å². The van der Waals surface area contributed by atoms with Crippen molar-refractivity contribution in [1.82, 2.24) is 10.2 Å². The molecule has 1 rings (SSSR count). The predicted molar refractivity (Wildman–Crippen MR) is 92.8 cm³/mol. The summed E-state index contributed by atoms with van der Waals surface area (Å²) in [5, 5.41) is 3.43. The van der Waals surface area contributed by atoms with E-state index >= 15 is 0 Å². The smallest absolute Gasteiger partial charge is 0.0409 e. The molecule has 20 heavy (non-hydrogen) atoms. The summed E-state index contributed by atoms with van der Waals surface area (Å²) in [6, 6.07) is 9.52. The van der Waals surface area contributed by atoms with Crippen molar-refractivity contribution in [3.63, 3.8) is 0 Å². The molecule has 0 aliphatic heterocycles. The Bertz CT molecular complexity index is 379. The molecule has 0 radical (unpaired) electrons. The first-order valence-corrected chi connectivity index (χ1v) is 8.50. The van der Waals surface area contributed by atoms with Crippen LogP contribution >= 0.6 is 11.8 Å². The van der Waals surface area contributed by atoms with E-state index in [0.717, 1.165) is 12.3 Å². The number of hydrogen-bond acceptors (Lipinski definition) is 3. The number of nitrogens with one attached hydrogen (secondary N) is 1. The van der Waals surface area contributed by atoms with Crippen LogP contribution in [0.25, 0.3) is 0 Å². The average Bonchev–Trinajstić information content (AvgIpc) is 2.38. The van der Waals surface area contributed by atoms with Crippen LogP contribution in [0.1, 0.15) is 37.9 Å². The van der Waals surface area contributed by atoms with Crippen LogP contribution in [-0.4, -0.2) is 44.1 Å². The molecule has 0 aliphatic rings. The highest BCUT2D eigenvalue weighted by molar-refractivity contribution is 7.99. The van der Waals surface area contributed by atoms with E-state index < -0.39 is 0 Å². The molecular formula is C17H30N2S. The van der Waals surface area contributed by atoms with Gasteiger partial charge in [0.2, 0.25) is 0 Å². The van der Waals surface area contributed by atoms with Gasteiger partial charge in [0, 0.05) is 24.1 Å². The Kier molecular flexibility index (Phi) is 7.07. The molecule has 0 aromatic heterocycles. The monoisotopic (exact) mass is 294 g/mol. The van der Waals surface area contributed by atoms with Gasteiger partial charge in [-0.3, -0.25) is 0 Å². The van der Waals surface area contributed by atoms with Gasteiger partial charge in [-0.2, -0.15) is 11.8 Å². The van der Waals surface area contributed by atoms with Crippen molar-refractivity contribution in [3.8, 4) is 0 Å². The number of thioether (sulfide) groups is 1. The molecule has 1 unspecified atom stereocenters. The van der Waals surface area contributed by atoms with E-state index in [4.69, 9.17) is 0 Å². The standard InChI is InChI=1S/C17H30N2S/c1-17(2,3)15-9-7-14(8-10-15)16(18-4)13-20-12-11-19(5)6/h7-10,16,18H,11-13H2,1-6H3. The summed E-state index contributed by atoms with van der Waals surface area (Å²) in [5.41, 5.74) is 3.02. The van der Waals surface area contributed by atoms with Crippen molar-refractivity contribution < 1.29 is 0 Å². The van der Waals surface area contributed by atoms with Crippen LogP contribution < -0.4 is 5.32 Å². The molecule has 0 fully saturated rings. The molecule has 0 saturated heterocycles. The van der Waals surface area contributed by atoms with Crippen molar-refractivity contribution in [1.29, 1.82) is 0 Å². The molecule has 0 spiro atoms. The first kappa shape index (κ1) is 17.5. The van der Waals surface area contributed by atoms with Crippen LogP contribution in [-0.2, 0) is 5.41 Å². The van der Waals surface area contributed by atoms with Gasteiger partial charge in [-0.05, 0) is 37.7 Å². The van der Waals surface area contributed by atoms with Crippen molar-refractivity contribution in [3.05, 3.63) is 35.4 Å². The van der Waals surface area contributed by atoms with E-state index in [1.807, 2.05) is 11.8 Å². The van der Waals surface area contributed by atoms with E-state index in [0.29, 0.717) is 6.04 Å².